The Morgan fingerprint density at radius 1 is 1.22 bits per heavy atom. The molecule has 2 amide bonds. The summed E-state index contributed by atoms with van der Waals surface area (Å²) in [4.78, 5) is 34.6. The largest absolute Gasteiger partial charge is 0.442 e. The van der Waals surface area contributed by atoms with Crippen LogP contribution in [0.25, 0.3) is 21.9 Å². The Kier molecular flexibility index (Phi) is 5.58. The summed E-state index contributed by atoms with van der Waals surface area (Å²) in [6.07, 6.45) is 2.97. The number of aryl methyl sites for hydroxylation is 1. The van der Waals surface area contributed by atoms with Crippen LogP contribution in [0.15, 0.2) is 24.5 Å². The van der Waals surface area contributed by atoms with Crippen LogP contribution in [-0.2, 0) is 16.0 Å². The number of fused-ring (bicyclic) bond motifs is 2. The van der Waals surface area contributed by atoms with Gasteiger partial charge in [0, 0.05) is 35.5 Å². The summed E-state index contributed by atoms with van der Waals surface area (Å²) in [7, 11) is 0. The van der Waals surface area contributed by atoms with Gasteiger partial charge in [0.25, 0.3) is 0 Å². The third kappa shape index (κ3) is 4.17. The predicted octanol–water partition coefficient (Wildman–Crippen LogP) is 3.80. The van der Waals surface area contributed by atoms with E-state index in [4.69, 9.17) is 10.5 Å². The van der Waals surface area contributed by atoms with Gasteiger partial charge in [-0.3, -0.25) is 15.1 Å². The molecule has 9 nitrogen and oxygen atoms in total. The molecule has 1 aliphatic carbocycles. The van der Waals surface area contributed by atoms with Gasteiger partial charge in [-0.25, -0.2) is 18.6 Å². The van der Waals surface area contributed by atoms with Crippen LogP contribution >= 0.6 is 0 Å². The number of hydrogen-bond donors (Lipinski definition) is 3. The zero-order chi connectivity index (χ0) is 25.8. The van der Waals surface area contributed by atoms with Crippen molar-refractivity contribution < 1.29 is 23.1 Å². The number of halogens is 2. The summed E-state index contributed by atoms with van der Waals surface area (Å²) in [6.45, 7) is 3.25. The summed E-state index contributed by atoms with van der Waals surface area (Å²) in [5.74, 6) is -1.12. The van der Waals surface area contributed by atoms with Crippen molar-refractivity contribution in [3.63, 3.8) is 0 Å². The zero-order valence-corrected chi connectivity index (χ0v) is 20.2. The van der Waals surface area contributed by atoms with E-state index in [1.807, 2.05) is 6.92 Å². The van der Waals surface area contributed by atoms with E-state index in [1.165, 1.54) is 11.1 Å². The fraction of sp³-hybridized carbons (Fsp3) is 0.385. The van der Waals surface area contributed by atoms with Gasteiger partial charge in [0.1, 0.15) is 18.1 Å². The molecule has 2 fully saturated rings. The molecule has 37 heavy (non-hydrogen) atoms. The standard InChI is InChI=1S/C26H26F2N6O3/c1-12-17(8-31-20-3-2-4-30-24(12)20)15-5-13-6-21(32-9-18(13)23(29)22(15)28)33-26(36)37-14-10-34(11-14)25(35)16-7-19(16)27/h5-6,8-9,14,16,19,30H,2-4,7,10-11,29H2,1H3,(H,32,33,36)/t16-,19+/m0/s1. The Labute approximate surface area is 211 Å². The quantitative estimate of drug-likeness (QED) is 0.458. The molecule has 2 aliphatic heterocycles. The van der Waals surface area contributed by atoms with E-state index in [1.54, 1.807) is 18.3 Å². The first-order chi connectivity index (χ1) is 17.8. The molecule has 2 aromatic heterocycles. The molecular weight excluding hydrogens is 482 g/mol. The van der Waals surface area contributed by atoms with Gasteiger partial charge < -0.3 is 20.7 Å². The second kappa shape index (κ2) is 8.82. The van der Waals surface area contributed by atoms with Crippen LogP contribution < -0.4 is 16.4 Å². The van der Waals surface area contributed by atoms with E-state index in [9.17, 15) is 14.0 Å². The summed E-state index contributed by atoms with van der Waals surface area (Å²) in [5, 5.41) is 6.94. The lowest BCUT2D eigenvalue weighted by atomic mass is 9.95. The Balaban J connectivity index is 1.20. The molecule has 0 radical (unpaired) electrons. The van der Waals surface area contributed by atoms with Gasteiger partial charge in [-0.2, -0.15) is 0 Å². The zero-order valence-electron chi connectivity index (χ0n) is 20.2. The molecule has 0 unspecified atom stereocenters. The van der Waals surface area contributed by atoms with Gasteiger partial charge in [-0.1, -0.05) is 0 Å². The molecule has 11 heteroatoms. The van der Waals surface area contributed by atoms with Crippen molar-refractivity contribution in [2.75, 3.05) is 36.0 Å². The molecule has 2 atom stereocenters. The Hall–Kier alpha value is -4.02. The van der Waals surface area contributed by atoms with Crippen LogP contribution in [0.1, 0.15) is 24.1 Å². The Morgan fingerprint density at radius 2 is 2.00 bits per heavy atom. The van der Waals surface area contributed by atoms with Crippen molar-refractivity contribution in [1.29, 1.82) is 0 Å². The maximum atomic E-state index is 15.4. The number of aromatic nitrogens is 2. The first kappa shape index (κ1) is 23.4. The molecule has 6 rings (SSSR count). The lowest BCUT2D eigenvalue weighted by Crippen LogP contribution is -2.56. The third-order valence-corrected chi connectivity index (χ3v) is 7.29. The second-order valence-corrected chi connectivity index (χ2v) is 9.85. The molecule has 4 heterocycles. The summed E-state index contributed by atoms with van der Waals surface area (Å²) in [5.41, 5.74) is 9.85. The number of nitrogens with two attached hydrogens (primary N) is 1. The number of hydrogen-bond acceptors (Lipinski definition) is 7. The van der Waals surface area contributed by atoms with Crippen molar-refractivity contribution in [2.45, 2.75) is 38.5 Å². The van der Waals surface area contributed by atoms with E-state index in [-0.39, 0.29) is 36.9 Å². The molecule has 0 spiro atoms. The Bertz CT molecular complexity index is 1440. The molecule has 1 saturated heterocycles. The highest BCUT2D eigenvalue weighted by molar-refractivity contribution is 5.99. The lowest BCUT2D eigenvalue weighted by Gasteiger charge is -2.38. The van der Waals surface area contributed by atoms with Crippen molar-refractivity contribution >= 4 is 40.0 Å². The smallest absolute Gasteiger partial charge is 0.413 e. The van der Waals surface area contributed by atoms with Crippen LogP contribution in [0.3, 0.4) is 0 Å². The van der Waals surface area contributed by atoms with Crippen molar-refractivity contribution in [3.8, 4) is 11.1 Å². The number of pyridine rings is 2. The number of benzene rings is 1. The number of carbonyl (C=O) groups is 2. The molecular formula is C26H26F2N6O3. The minimum Gasteiger partial charge on any atom is -0.442 e. The number of alkyl halides is 1. The predicted molar refractivity (Wildman–Crippen MR) is 134 cm³/mol. The van der Waals surface area contributed by atoms with Crippen LogP contribution in [0, 0.1) is 18.7 Å². The van der Waals surface area contributed by atoms with Gasteiger partial charge in [0.15, 0.2) is 5.82 Å². The molecule has 4 N–H and O–H groups in total. The van der Waals surface area contributed by atoms with Crippen LogP contribution in [-0.4, -0.2) is 58.8 Å². The average Bonchev–Trinajstić information content (AvgIpc) is 3.60. The van der Waals surface area contributed by atoms with Gasteiger partial charge in [-0.05, 0) is 49.3 Å². The minimum atomic E-state index is -1.05. The van der Waals surface area contributed by atoms with Crippen LogP contribution in [0.5, 0.6) is 0 Å². The van der Waals surface area contributed by atoms with E-state index in [0.717, 1.165) is 36.3 Å². The summed E-state index contributed by atoms with van der Waals surface area (Å²) >= 11 is 0. The van der Waals surface area contributed by atoms with E-state index in [2.05, 4.69) is 20.6 Å². The number of carbonyl (C=O) groups excluding carboxylic acids is 2. The fourth-order valence-electron chi connectivity index (χ4n) is 5.01. The molecule has 3 aromatic rings. The summed E-state index contributed by atoms with van der Waals surface area (Å²) in [6, 6.07) is 3.27. The van der Waals surface area contributed by atoms with Gasteiger partial charge in [0.2, 0.25) is 5.91 Å². The average molecular weight is 509 g/mol. The third-order valence-electron chi connectivity index (χ3n) is 7.29. The van der Waals surface area contributed by atoms with Crippen molar-refractivity contribution in [2.24, 2.45) is 5.92 Å². The number of nitrogens with zero attached hydrogens (tertiary/aromatic N) is 3. The highest BCUT2D eigenvalue weighted by atomic mass is 19.1. The van der Waals surface area contributed by atoms with Crippen molar-refractivity contribution in [1.82, 2.24) is 14.9 Å². The van der Waals surface area contributed by atoms with Crippen LogP contribution in [0.2, 0.25) is 0 Å². The highest BCUT2D eigenvalue weighted by Crippen LogP contribution is 2.39. The molecule has 3 aliphatic rings. The number of amides is 2. The fourth-order valence-corrected chi connectivity index (χ4v) is 5.01. The molecule has 0 bridgehead atoms. The number of likely N-dealkylation sites (tertiary alicyclic amines) is 1. The molecule has 1 aromatic carbocycles. The van der Waals surface area contributed by atoms with Crippen LogP contribution in [0.4, 0.5) is 30.8 Å². The minimum absolute atomic E-state index is 0.0374. The number of ether oxygens (including phenoxy) is 1. The van der Waals surface area contributed by atoms with Gasteiger partial charge in [0.05, 0.1) is 36.1 Å². The number of rotatable bonds is 4. The normalized spacial score (nSPS) is 20.6. The maximum Gasteiger partial charge on any atom is 0.413 e. The molecule has 192 valence electrons. The highest BCUT2D eigenvalue weighted by Gasteiger charge is 2.48. The van der Waals surface area contributed by atoms with Crippen molar-refractivity contribution in [3.05, 3.63) is 41.6 Å². The first-order valence-corrected chi connectivity index (χ1v) is 12.3. The number of anilines is 3. The SMILES string of the molecule is Cc1c(-c2cc3cc(NC(=O)OC4CN(C(=O)[C@H]5C[C@H]5F)C4)ncc3c(N)c2F)cnc2c1NCCC2. The first-order valence-electron chi connectivity index (χ1n) is 12.3. The molecule has 1 saturated carbocycles. The lowest BCUT2D eigenvalue weighted by molar-refractivity contribution is -0.143. The van der Waals surface area contributed by atoms with Gasteiger partial charge >= 0.3 is 6.09 Å². The summed E-state index contributed by atoms with van der Waals surface area (Å²) < 4.78 is 33.8. The topological polar surface area (TPSA) is 122 Å². The Morgan fingerprint density at radius 3 is 2.76 bits per heavy atom. The monoisotopic (exact) mass is 508 g/mol. The number of nitrogens with one attached hydrogen (secondary N) is 2. The van der Waals surface area contributed by atoms with E-state index in [0.29, 0.717) is 21.9 Å². The maximum absolute atomic E-state index is 15.4. The number of nitrogen functional groups attached to an aromatic ring is 1. The van der Waals surface area contributed by atoms with Gasteiger partial charge in [-0.15, -0.1) is 0 Å². The van der Waals surface area contributed by atoms with E-state index >= 15 is 4.39 Å². The second-order valence-electron chi connectivity index (χ2n) is 9.85. The van der Waals surface area contributed by atoms with E-state index < -0.39 is 30.1 Å².